The zero-order chi connectivity index (χ0) is 25.4. The predicted molar refractivity (Wildman–Crippen MR) is 136 cm³/mol. The number of ether oxygens (including phenoxy) is 2. The molecule has 0 spiro atoms. The van der Waals surface area contributed by atoms with Crippen LogP contribution < -0.4 is 71.5 Å². The third kappa shape index (κ3) is 8.58. The van der Waals surface area contributed by atoms with Crippen molar-refractivity contribution in [3.63, 3.8) is 0 Å². The van der Waals surface area contributed by atoms with E-state index in [0.29, 0.717) is 30.0 Å². The van der Waals surface area contributed by atoms with E-state index in [1.54, 1.807) is 19.2 Å². The molecule has 1 amide bonds. The van der Waals surface area contributed by atoms with E-state index in [9.17, 15) is 14.7 Å². The van der Waals surface area contributed by atoms with Gasteiger partial charge in [0.2, 0.25) is 5.91 Å². The summed E-state index contributed by atoms with van der Waals surface area (Å²) < 4.78 is 10.8. The summed E-state index contributed by atoms with van der Waals surface area (Å²) in [5.74, 6) is 1.66. The molecule has 1 saturated heterocycles. The minimum absolute atomic E-state index is 0. The summed E-state index contributed by atoms with van der Waals surface area (Å²) in [5, 5.41) is 15.8. The number of aryl methyl sites for hydroxylation is 2. The Bertz CT molecular complexity index is 1030. The minimum Gasteiger partial charge on any atom is -0.505 e. The van der Waals surface area contributed by atoms with E-state index in [1.807, 2.05) is 38.3 Å². The molecule has 190 valence electrons. The van der Waals surface area contributed by atoms with Gasteiger partial charge in [-0.25, -0.2) is 5.56 Å². The number of hydrogen-bond acceptors (Lipinski definition) is 6. The maximum absolute atomic E-state index is 12.1. The number of aliphatic hydroxyl groups is 1. The van der Waals surface area contributed by atoms with Crippen molar-refractivity contribution in [2.45, 2.75) is 45.1 Å². The van der Waals surface area contributed by atoms with Gasteiger partial charge in [-0.05, 0) is 24.8 Å². The summed E-state index contributed by atoms with van der Waals surface area (Å²) >= 11 is 0. The SMILES string of the molecule is COc1cc(NC(=O)C2CC[CH-]CC2)ccc1C.[CH2-]c1c(C)cc(OCC2(O)CNC2)cc1[C-]=O.[K+]. The van der Waals surface area contributed by atoms with Crippen LogP contribution in [-0.2, 0) is 9.59 Å². The van der Waals surface area contributed by atoms with Crippen LogP contribution in [0.2, 0.25) is 0 Å². The topological polar surface area (TPSA) is 96.9 Å². The fourth-order valence-corrected chi connectivity index (χ4v) is 4.02. The van der Waals surface area contributed by atoms with Crippen LogP contribution in [-0.4, -0.2) is 49.7 Å². The first-order chi connectivity index (χ1) is 16.7. The minimum atomic E-state index is -0.790. The zero-order valence-electron chi connectivity index (χ0n) is 21.8. The quantitative estimate of drug-likeness (QED) is 0.369. The van der Waals surface area contributed by atoms with E-state index in [1.165, 1.54) is 0 Å². The van der Waals surface area contributed by atoms with Crippen molar-refractivity contribution in [1.82, 2.24) is 5.32 Å². The van der Waals surface area contributed by atoms with Gasteiger partial charge in [-0.2, -0.15) is 18.9 Å². The molecule has 4 rings (SSSR count). The summed E-state index contributed by atoms with van der Waals surface area (Å²) in [6.45, 7) is 8.92. The Hall–Kier alpha value is -1.39. The fourth-order valence-electron chi connectivity index (χ4n) is 4.02. The van der Waals surface area contributed by atoms with Gasteiger partial charge in [0.1, 0.15) is 18.0 Å². The van der Waals surface area contributed by atoms with E-state index in [0.717, 1.165) is 48.2 Å². The molecule has 2 fully saturated rings. The number of rotatable bonds is 7. The Labute approximate surface area is 257 Å². The third-order valence-electron chi connectivity index (χ3n) is 6.46. The molecule has 2 aliphatic rings. The third-order valence-corrected chi connectivity index (χ3v) is 6.46. The van der Waals surface area contributed by atoms with Crippen LogP contribution in [0.25, 0.3) is 0 Å². The molecule has 1 aliphatic carbocycles. The first kappa shape index (κ1) is 30.8. The zero-order valence-corrected chi connectivity index (χ0v) is 24.9. The number of β-amino-alcohol motifs (C(OH)–C–C–N with tert-alkyl or cyclic N) is 1. The Morgan fingerprint density at radius 2 is 1.92 bits per heavy atom. The molecule has 0 radical (unpaired) electrons. The second-order valence-corrected chi connectivity index (χ2v) is 9.30. The number of anilines is 1. The molecule has 0 atom stereocenters. The van der Waals surface area contributed by atoms with Gasteiger partial charge in [0.05, 0.1) is 7.11 Å². The maximum Gasteiger partial charge on any atom is 1.00 e. The van der Waals surface area contributed by atoms with Gasteiger partial charge in [-0.15, -0.1) is 0 Å². The maximum atomic E-state index is 12.1. The second-order valence-electron chi connectivity index (χ2n) is 9.30. The van der Waals surface area contributed by atoms with Gasteiger partial charge in [-0.3, -0.25) is 22.8 Å². The number of hydrogen-bond donors (Lipinski definition) is 3. The molecular weight excluding hydrogens is 483 g/mol. The van der Waals surface area contributed by atoms with Gasteiger partial charge in [-0.1, -0.05) is 31.9 Å². The molecule has 36 heavy (non-hydrogen) atoms. The van der Waals surface area contributed by atoms with E-state index in [2.05, 4.69) is 24.0 Å². The Morgan fingerprint density at radius 3 is 2.50 bits per heavy atom. The molecule has 3 N–H and O–H groups in total. The van der Waals surface area contributed by atoms with Gasteiger partial charge in [0.25, 0.3) is 0 Å². The molecule has 1 aliphatic heterocycles. The number of nitrogens with one attached hydrogen (secondary N) is 2. The fraction of sp³-hybridized carbons (Fsp3) is 0.429. The van der Waals surface area contributed by atoms with Gasteiger partial charge >= 0.3 is 51.4 Å². The van der Waals surface area contributed by atoms with E-state index in [4.69, 9.17) is 9.47 Å². The van der Waals surface area contributed by atoms with E-state index in [-0.39, 0.29) is 69.8 Å². The average Bonchev–Trinajstić information content (AvgIpc) is 2.85. The standard InChI is InChI=1S/C15H20NO2.C13H15NO3.K/c1-11-8-9-13(10-14(11)18-2)16-15(17)12-6-4-3-5-7-12;1-9-3-12(4-11(5-15)10(9)2)17-8-13(16)6-14-7-13;/h3,8-10,12H,4-7H2,1-2H3,(H,16,17);3-4,14,16H,2,6-8H2,1H3;/q-1;-2;+1. The molecule has 1 saturated carbocycles. The molecule has 8 heteroatoms. The van der Waals surface area contributed by atoms with E-state index < -0.39 is 5.60 Å². The van der Waals surface area contributed by atoms with Crippen LogP contribution in [0, 0.1) is 33.1 Å². The second kappa shape index (κ2) is 14.5. The number of carbonyl (C=O) groups is 1. The Balaban J connectivity index is 0.000000247. The first-order valence-electron chi connectivity index (χ1n) is 11.9. The summed E-state index contributed by atoms with van der Waals surface area (Å²) in [6.07, 6.45) is 8.13. The van der Waals surface area contributed by atoms with Crippen LogP contribution >= 0.6 is 0 Å². The molecule has 0 aromatic heterocycles. The van der Waals surface area contributed by atoms with Crippen molar-refractivity contribution in [2.24, 2.45) is 5.92 Å². The molecular formula is C28H35KN2O5-2. The van der Waals surface area contributed by atoms with E-state index >= 15 is 0 Å². The number of amides is 1. The predicted octanol–water partition coefficient (Wildman–Crippen LogP) is 0.689. The van der Waals surface area contributed by atoms with Crippen molar-refractivity contribution in [2.75, 3.05) is 32.1 Å². The van der Waals surface area contributed by atoms with Crippen molar-refractivity contribution in [3.8, 4) is 11.5 Å². The number of carbonyl (C=O) groups excluding carboxylic acids is 2. The first-order valence-corrected chi connectivity index (χ1v) is 11.9. The summed E-state index contributed by atoms with van der Waals surface area (Å²) in [5.41, 5.74) is 3.04. The average molecular weight is 519 g/mol. The Kier molecular flexibility index (Phi) is 12.4. The van der Waals surface area contributed by atoms with Crippen LogP contribution in [0.15, 0.2) is 30.3 Å². The van der Waals surface area contributed by atoms with Crippen LogP contribution in [0.3, 0.4) is 0 Å². The number of benzene rings is 2. The van der Waals surface area contributed by atoms with Gasteiger partial charge < -0.3 is 36.4 Å². The smallest absolute Gasteiger partial charge is 0.505 e. The normalized spacial score (nSPS) is 16.3. The van der Waals surface area contributed by atoms with Crippen LogP contribution in [0.4, 0.5) is 5.69 Å². The summed E-state index contributed by atoms with van der Waals surface area (Å²) in [4.78, 5) is 22.8. The van der Waals surface area contributed by atoms with Crippen LogP contribution in [0.1, 0.15) is 47.9 Å². The van der Waals surface area contributed by atoms with Gasteiger partial charge in [0, 0.05) is 36.5 Å². The van der Waals surface area contributed by atoms with Crippen molar-refractivity contribution >= 4 is 17.9 Å². The van der Waals surface area contributed by atoms with Crippen molar-refractivity contribution in [3.05, 3.63) is 65.9 Å². The molecule has 2 aromatic rings. The molecule has 0 bridgehead atoms. The molecule has 2 aromatic carbocycles. The number of methoxy groups -OCH3 is 1. The van der Waals surface area contributed by atoms with Crippen molar-refractivity contribution in [1.29, 1.82) is 0 Å². The molecule has 0 unspecified atom stereocenters. The monoisotopic (exact) mass is 518 g/mol. The van der Waals surface area contributed by atoms with Crippen LogP contribution in [0.5, 0.6) is 11.5 Å². The molecule has 7 nitrogen and oxygen atoms in total. The molecule has 1 heterocycles. The summed E-state index contributed by atoms with van der Waals surface area (Å²) in [6, 6.07) is 9.16. The Morgan fingerprint density at radius 1 is 1.22 bits per heavy atom. The van der Waals surface area contributed by atoms with Gasteiger partial charge in [0.15, 0.2) is 0 Å². The largest absolute Gasteiger partial charge is 1.00 e. The van der Waals surface area contributed by atoms with Crippen molar-refractivity contribution < 1.29 is 75.6 Å². The summed E-state index contributed by atoms with van der Waals surface area (Å²) in [7, 11) is 1.64.